The van der Waals surface area contributed by atoms with Crippen LogP contribution in [-0.2, 0) is 16.1 Å². The van der Waals surface area contributed by atoms with Crippen LogP contribution in [0.15, 0.2) is 24.4 Å². The third-order valence-electron chi connectivity index (χ3n) is 3.23. The Morgan fingerprint density at radius 2 is 2.41 bits per heavy atom. The van der Waals surface area contributed by atoms with Gasteiger partial charge in [0.1, 0.15) is 0 Å². The normalized spacial score (nSPS) is 23.7. The van der Waals surface area contributed by atoms with Gasteiger partial charge in [0.25, 0.3) is 0 Å². The molecule has 2 rings (SSSR count). The SMILES string of the molecule is CCC1COC(=O)C1CNCc1ccccn1. The van der Waals surface area contributed by atoms with Crippen molar-refractivity contribution in [3.8, 4) is 0 Å². The van der Waals surface area contributed by atoms with E-state index in [4.69, 9.17) is 4.74 Å². The van der Waals surface area contributed by atoms with Crippen molar-refractivity contribution >= 4 is 5.97 Å². The molecule has 0 amide bonds. The zero-order valence-corrected chi connectivity index (χ0v) is 10.1. The monoisotopic (exact) mass is 234 g/mol. The van der Waals surface area contributed by atoms with Crippen LogP contribution in [0.3, 0.4) is 0 Å². The third-order valence-corrected chi connectivity index (χ3v) is 3.23. The molecule has 2 atom stereocenters. The van der Waals surface area contributed by atoms with Crippen molar-refractivity contribution in [2.45, 2.75) is 19.9 Å². The number of aromatic nitrogens is 1. The molecule has 0 spiro atoms. The first-order valence-electron chi connectivity index (χ1n) is 6.08. The molecule has 1 aliphatic rings. The molecule has 0 aromatic carbocycles. The minimum Gasteiger partial charge on any atom is -0.465 e. The van der Waals surface area contributed by atoms with Gasteiger partial charge in [-0.25, -0.2) is 0 Å². The van der Waals surface area contributed by atoms with Crippen molar-refractivity contribution in [1.29, 1.82) is 0 Å². The topological polar surface area (TPSA) is 51.2 Å². The number of hydrogen-bond donors (Lipinski definition) is 1. The lowest BCUT2D eigenvalue weighted by atomic mass is 9.93. The average Bonchev–Trinajstić information content (AvgIpc) is 2.72. The smallest absolute Gasteiger partial charge is 0.310 e. The molecule has 0 bridgehead atoms. The van der Waals surface area contributed by atoms with E-state index in [1.807, 2.05) is 18.2 Å². The maximum Gasteiger partial charge on any atom is 0.310 e. The van der Waals surface area contributed by atoms with Gasteiger partial charge in [-0.15, -0.1) is 0 Å². The molecule has 2 heterocycles. The summed E-state index contributed by atoms with van der Waals surface area (Å²) in [4.78, 5) is 15.7. The Hall–Kier alpha value is -1.42. The summed E-state index contributed by atoms with van der Waals surface area (Å²) >= 11 is 0. The largest absolute Gasteiger partial charge is 0.465 e. The molecule has 1 saturated heterocycles. The van der Waals surface area contributed by atoms with E-state index in [1.54, 1.807) is 6.20 Å². The van der Waals surface area contributed by atoms with Crippen molar-refractivity contribution in [3.63, 3.8) is 0 Å². The highest BCUT2D eigenvalue weighted by Crippen LogP contribution is 2.24. The number of rotatable bonds is 5. The molecule has 0 radical (unpaired) electrons. The fourth-order valence-electron chi connectivity index (χ4n) is 2.12. The first-order valence-corrected chi connectivity index (χ1v) is 6.08. The number of pyridine rings is 1. The summed E-state index contributed by atoms with van der Waals surface area (Å²) in [6.45, 7) is 4.04. The van der Waals surface area contributed by atoms with Gasteiger partial charge in [0.05, 0.1) is 18.2 Å². The van der Waals surface area contributed by atoms with Crippen LogP contribution >= 0.6 is 0 Å². The number of ether oxygens (including phenoxy) is 1. The van der Waals surface area contributed by atoms with Crippen LogP contribution in [0.2, 0.25) is 0 Å². The summed E-state index contributed by atoms with van der Waals surface area (Å²) in [6, 6.07) is 5.82. The summed E-state index contributed by atoms with van der Waals surface area (Å²) in [7, 11) is 0. The molecular weight excluding hydrogens is 216 g/mol. The second-order valence-electron chi connectivity index (χ2n) is 4.36. The van der Waals surface area contributed by atoms with Crippen LogP contribution in [0.4, 0.5) is 0 Å². The molecule has 1 N–H and O–H groups in total. The molecule has 0 aliphatic carbocycles. The number of cyclic esters (lactones) is 1. The van der Waals surface area contributed by atoms with Gasteiger partial charge >= 0.3 is 5.97 Å². The minimum atomic E-state index is -0.0645. The van der Waals surface area contributed by atoms with Crippen molar-refractivity contribution < 1.29 is 9.53 Å². The standard InChI is InChI=1S/C13H18N2O2/c1-2-10-9-17-13(16)12(10)8-14-7-11-5-3-4-6-15-11/h3-6,10,12,14H,2,7-9H2,1H3. The van der Waals surface area contributed by atoms with E-state index in [0.29, 0.717) is 25.6 Å². The van der Waals surface area contributed by atoms with Gasteiger partial charge in [0, 0.05) is 25.2 Å². The lowest BCUT2D eigenvalue weighted by Gasteiger charge is -2.13. The Bertz CT molecular complexity index is 367. The van der Waals surface area contributed by atoms with Gasteiger partial charge < -0.3 is 10.1 Å². The van der Waals surface area contributed by atoms with Gasteiger partial charge in [-0.1, -0.05) is 13.0 Å². The lowest BCUT2D eigenvalue weighted by Crippen LogP contribution is -2.29. The van der Waals surface area contributed by atoms with Crippen LogP contribution in [0.5, 0.6) is 0 Å². The van der Waals surface area contributed by atoms with Gasteiger partial charge in [0.2, 0.25) is 0 Å². The Kier molecular flexibility index (Phi) is 4.09. The molecule has 17 heavy (non-hydrogen) atoms. The molecule has 4 heteroatoms. The van der Waals surface area contributed by atoms with Crippen molar-refractivity contribution in [2.24, 2.45) is 11.8 Å². The summed E-state index contributed by atoms with van der Waals surface area (Å²) in [5, 5.41) is 3.28. The predicted molar refractivity (Wildman–Crippen MR) is 64.2 cm³/mol. The molecule has 4 nitrogen and oxygen atoms in total. The second-order valence-corrected chi connectivity index (χ2v) is 4.36. The number of esters is 1. The fourth-order valence-corrected chi connectivity index (χ4v) is 2.12. The van der Waals surface area contributed by atoms with Gasteiger partial charge in [0.15, 0.2) is 0 Å². The summed E-state index contributed by atoms with van der Waals surface area (Å²) < 4.78 is 5.08. The van der Waals surface area contributed by atoms with Crippen LogP contribution in [0.25, 0.3) is 0 Å². The van der Waals surface area contributed by atoms with E-state index in [2.05, 4.69) is 17.2 Å². The maximum absolute atomic E-state index is 11.5. The van der Waals surface area contributed by atoms with E-state index in [-0.39, 0.29) is 11.9 Å². The van der Waals surface area contributed by atoms with E-state index in [0.717, 1.165) is 12.1 Å². The van der Waals surface area contributed by atoms with Crippen LogP contribution < -0.4 is 5.32 Å². The lowest BCUT2D eigenvalue weighted by molar-refractivity contribution is -0.141. The second kappa shape index (κ2) is 5.77. The third kappa shape index (κ3) is 3.03. The van der Waals surface area contributed by atoms with E-state index in [1.165, 1.54) is 0 Å². The van der Waals surface area contributed by atoms with Crippen molar-refractivity contribution in [3.05, 3.63) is 30.1 Å². The molecule has 92 valence electrons. The van der Waals surface area contributed by atoms with Crippen LogP contribution in [0, 0.1) is 11.8 Å². The van der Waals surface area contributed by atoms with Gasteiger partial charge in [-0.05, 0) is 18.6 Å². The van der Waals surface area contributed by atoms with E-state index < -0.39 is 0 Å². The molecule has 1 aliphatic heterocycles. The summed E-state index contributed by atoms with van der Waals surface area (Å²) in [5.74, 6) is 0.299. The zero-order chi connectivity index (χ0) is 12.1. The Labute approximate surface area is 101 Å². The maximum atomic E-state index is 11.5. The van der Waals surface area contributed by atoms with Crippen molar-refractivity contribution in [2.75, 3.05) is 13.2 Å². The molecule has 1 fully saturated rings. The number of nitrogens with zero attached hydrogens (tertiary/aromatic N) is 1. The molecule has 0 saturated carbocycles. The Balaban J connectivity index is 1.80. The summed E-state index contributed by atoms with van der Waals surface area (Å²) in [5.41, 5.74) is 0.993. The van der Waals surface area contributed by atoms with E-state index >= 15 is 0 Å². The quantitative estimate of drug-likeness (QED) is 0.782. The number of carbonyl (C=O) groups excluding carboxylic acids is 1. The summed E-state index contributed by atoms with van der Waals surface area (Å²) in [6.07, 6.45) is 2.76. The Morgan fingerprint density at radius 1 is 1.53 bits per heavy atom. The highest BCUT2D eigenvalue weighted by Gasteiger charge is 2.34. The fraction of sp³-hybridized carbons (Fsp3) is 0.538. The van der Waals surface area contributed by atoms with Gasteiger partial charge in [-0.3, -0.25) is 9.78 Å². The molecular formula is C13H18N2O2. The average molecular weight is 234 g/mol. The molecule has 1 aromatic heterocycles. The minimum absolute atomic E-state index is 0.00344. The molecule has 2 unspecified atom stereocenters. The number of hydrogen-bond acceptors (Lipinski definition) is 4. The highest BCUT2D eigenvalue weighted by atomic mass is 16.5. The highest BCUT2D eigenvalue weighted by molar-refractivity contribution is 5.74. The van der Waals surface area contributed by atoms with Crippen LogP contribution in [-0.4, -0.2) is 24.1 Å². The van der Waals surface area contributed by atoms with Gasteiger partial charge in [-0.2, -0.15) is 0 Å². The predicted octanol–water partition coefficient (Wildman–Crippen LogP) is 1.37. The van der Waals surface area contributed by atoms with Crippen LogP contribution in [0.1, 0.15) is 19.0 Å². The van der Waals surface area contributed by atoms with Crippen molar-refractivity contribution in [1.82, 2.24) is 10.3 Å². The molecule has 1 aromatic rings. The van der Waals surface area contributed by atoms with E-state index in [9.17, 15) is 4.79 Å². The Morgan fingerprint density at radius 3 is 3.12 bits per heavy atom. The number of carbonyl (C=O) groups is 1. The first-order chi connectivity index (χ1) is 8.31. The zero-order valence-electron chi connectivity index (χ0n) is 10.1. The first kappa shape index (κ1) is 12.0. The number of nitrogens with one attached hydrogen (secondary N) is 1.